The summed E-state index contributed by atoms with van der Waals surface area (Å²) < 4.78 is 13.4. The molecule has 0 aliphatic heterocycles. The standard InChI is InChI=1S/C21H25FN4O/c1-23-21(24-11-2-3-15-4-7-18(27)8-5-15)25-12-10-16-14-26-20-9-6-17(22)13-19(16)20/h4-9,13-14,26-27H,2-3,10-12H2,1H3,(H2,23,24,25). The highest BCUT2D eigenvalue weighted by molar-refractivity contribution is 5.83. The molecule has 0 radical (unpaired) electrons. The Morgan fingerprint density at radius 1 is 1.07 bits per heavy atom. The van der Waals surface area contributed by atoms with Gasteiger partial charge in [-0.2, -0.15) is 0 Å². The Bertz CT molecular complexity index is 902. The lowest BCUT2D eigenvalue weighted by atomic mass is 10.1. The van der Waals surface area contributed by atoms with Gasteiger partial charge in [0, 0.05) is 37.2 Å². The second-order valence-electron chi connectivity index (χ2n) is 6.45. The number of nitrogens with one attached hydrogen (secondary N) is 3. The Hall–Kier alpha value is -3.02. The molecule has 4 N–H and O–H groups in total. The van der Waals surface area contributed by atoms with Crippen molar-refractivity contribution in [2.45, 2.75) is 19.3 Å². The lowest BCUT2D eigenvalue weighted by Crippen LogP contribution is -2.38. The molecule has 1 heterocycles. The number of fused-ring (bicyclic) bond motifs is 1. The van der Waals surface area contributed by atoms with Gasteiger partial charge in [-0.05, 0) is 60.7 Å². The van der Waals surface area contributed by atoms with Gasteiger partial charge >= 0.3 is 0 Å². The molecule has 2 aromatic carbocycles. The van der Waals surface area contributed by atoms with Gasteiger partial charge in [-0.15, -0.1) is 0 Å². The van der Waals surface area contributed by atoms with E-state index in [-0.39, 0.29) is 5.82 Å². The molecule has 0 atom stereocenters. The summed E-state index contributed by atoms with van der Waals surface area (Å²) in [7, 11) is 1.75. The summed E-state index contributed by atoms with van der Waals surface area (Å²) in [4.78, 5) is 7.41. The molecule has 0 saturated carbocycles. The quantitative estimate of drug-likeness (QED) is 0.294. The van der Waals surface area contributed by atoms with E-state index >= 15 is 0 Å². The van der Waals surface area contributed by atoms with Crippen molar-refractivity contribution in [1.29, 1.82) is 0 Å². The number of hydrogen-bond acceptors (Lipinski definition) is 2. The van der Waals surface area contributed by atoms with Crippen LogP contribution in [0.5, 0.6) is 5.75 Å². The first-order valence-electron chi connectivity index (χ1n) is 9.13. The molecule has 0 spiro atoms. The minimum absolute atomic E-state index is 0.220. The highest BCUT2D eigenvalue weighted by Crippen LogP contribution is 2.19. The lowest BCUT2D eigenvalue weighted by Gasteiger charge is -2.11. The predicted molar refractivity (Wildman–Crippen MR) is 108 cm³/mol. The van der Waals surface area contributed by atoms with Gasteiger partial charge in [-0.25, -0.2) is 4.39 Å². The minimum atomic E-state index is -0.220. The van der Waals surface area contributed by atoms with Crippen molar-refractivity contribution < 1.29 is 9.50 Å². The number of aliphatic imine (C=N–C) groups is 1. The van der Waals surface area contributed by atoms with Crippen molar-refractivity contribution >= 4 is 16.9 Å². The summed E-state index contributed by atoms with van der Waals surface area (Å²) in [5, 5.41) is 16.8. The predicted octanol–water partition coefficient (Wildman–Crippen LogP) is 3.35. The highest BCUT2D eigenvalue weighted by Gasteiger charge is 2.05. The second-order valence-corrected chi connectivity index (χ2v) is 6.45. The number of hydrogen-bond donors (Lipinski definition) is 4. The van der Waals surface area contributed by atoms with Gasteiger partial charge in [-0.1, -0.05) is 12.1 Å². The Kier molecular flexibility index (Phi) is 6.30. The molecule has 0 amide bonds. The molecule has 0 aliphatic carbocycles. The SMILES string of the molecule is CN=C(NCCCc1ccc(O)cc1)NCCc1c[nH]c2ccc(F)cc12. The van der Waals surface area contributed by atoms with Crippen LogP contribution >= 0.6 is 0 Å². The van der Waals surface area contributed by atoms with Crippen LogP contribution in [0.25, 0.3) is 10.9 Å². The average Bonchev–Trinajstić information content (AvgIpc) is 3.07. The zero-order chi connectivity index (χ0) is 19.1. The summed E-state index contributed by atoms with van der Waals surface area (Å²) in [5.74, 6) is 0.827. The van der Waals surface area contributed by atoms with E-state index < -0.39 is 0 Å². The number of nitrogens with zero attached hydrogens (tertiary/aromatic N) is 1. The van der Waals surface area contributed by atoms with Crippen LogP contribution in [0, 0.1) is 5.82 Å². The molecule has 0 fully saturated rings. The third-order valence-electron chi connectivity index (χ3n) is 4.51. The van der Waals surface area contributed by atoms with E-state index in [1.807, 2.05) is 18.3 Å². The molecule has 6 heteroatoms. The fraction of sp³-hybridized carbons (Fsp3) is 0.286. The molecule has 1 aromatic heterocycles. The van der Waals surface area contributed by atoms with Gasteiger partial charge < -0.3 is 20.7 Å². The molecule has 27 heavy (non-hydrogen) atoms. The number of aryl methyl sites for hydroxylation is 1. The Morgan fingerprint density at radius 2 is 1.85 bits per heavy atom. The van der Waals surface area contributed by atoms with Crippen molar-refractivity contribution in [3.8, 4) is 5.75 Å². The van der Waals surface area contributed by atoms with Crippen LogP contribution in [0.3, 0.4) is 0 Å². The molecule has 3 rings (SSSR count). The van der Waals surface area contributed by atoms with Gasteiger partial charge in [0.05, 0.1) is 0 Å². The maximum Gasteiger partial charge on any atom is 0.190 e. The average molecular weight is 368 g/mol. The molecule has 0 unspecified atom stereocenters. The summed E-state index contributed by atoms with van der Waals surface area (Å²) in [6.07, 6.45) is 4.61. The number of benzene rings is 2. The normalized spacial score (nSPS) is 11.7. The number of H-pyrrole nitrogens is 1. The van der Waals surface area contributed by atoms with Crippen molar-refractivity contribution in [2.24, 2.45) is 4.99 Å². The molecular weight excluding hydrogens is 343 g/mol. The largest absolute Gasteiger partial charge is 0.508 e. The summed E-state index contributed by atoms with van der Waals surface area (Å²) in [6, 6.07) is 12.1. The molecule has 0 saturated heterocycles. The first kappa shape index (κ1) is 18.8. The number of halogens is 1. The first-order chi connectivity index (χ1) is 13.2. The third-order valence-corrected chi connectivity index (χ3v) is 4.51. The number of phenols is 1. The fourth-order valence-electron chi connectivity index (χ4n) is 3.06. The maximum absolute atomic E-state index is 13.4. The van der Waals surface area contributed by atoms with E-state index in [1.165, 1.54) is 11.6 Å². The number of phenolic OH excluding ortho intramolecular Hbond substituents is 1. The minimum Gasteiger partial charge on any atom is -0.508 e. The Balaban J connectivity index is 1.41. The first-order valence-corrected chi connectivity index (χ1v) is 9.13. The molecule has 5 nitrogen and oxygen atoms in total. The Morgan fingerprint density at radius 3 is 2.63 bits per heavy atom. The van der Waals surface area contributed by atoms with Crippen LogP contribution in [-0.4, -0.2) is 36.2 Å². The van der Waals surface area contributed by atoms with Gasteiger partial charge in [-0.3, -0.25) is 4.99 Å². The third kappa shape index (κ3) is 5.23. The molecule has 0 bridgehead atoms. The molecule has 3 aromatic rings. The smallest absolute Gasteiger partial charge is 0.190 e. The zero-order valence-electron chi connectivity index (χ0n) is 15.4. The maximum atomic E-state index is 13.4. The number of aromatic hydroxyl groups is 1. The monoisotopic (exact) mass is 368 g/mol. The van der Waals surface area contributed by atoms with E-state index in [0.717, 1.165) is 48.2 Å². The Labute approximate surface area is 158 Å². The van der Waals surface area contributed by atoms with E-state index in [9.17, 15) is 9.50 Å². The van der Waals surface area contributed by atoms with Gasteiger partial charge in [0.2, 0.25) is 0 Å². The van der Waals surface area contributed by atoms with Crippen LogP contribution < -0.4 is 10.6 Å². The zero-order valence-corrected chi connectivity index (χ0v) is 15.4. The molecule has 142 valence electrons. The van der Waals surface area contributed by atoms with E-state index in [2.05, 4.69) is 20.6 Å². The summed E-state index contributed by atoms with van der Waals surface area (Å²) in [6.45, 7) is 1.51. The van der Waals surface area contributed by atoms with Crippen LogP contribution in [0.2, 0.25) is 0 Å². The van der Waals surface area contributed by atoms with Crippen molar-refractivity contribution in [1.82, 2.24) is 15.6 Å². The molecular formula is C21H25FN4O. The van der Waals surface area contributed by atoms with Gasteiger partial charge in [0.15, 0.2) is 5.96 Å². The van der Waals surface area contributed by atoms with E-state index in [0.29, 0.717) is 12.3 Å². The summed E-state index contributed by atoms with van der Waals surface area (Å²) >= 11 is 0. The van der Waals surface area contributed by atoms with Crippen LogP contribution in [-0.2, 0) is 12.8 Å². The lowest BCUT2D eigenvalue weighted by molar-refractivity contribution is 0.475. The van der Waals surface area contributed by atoms with Gasteiger partial charge in [0.25, 0.3) is 0 Å². The van der Waals surface area contributed by atoms with Crippen LogP contribution in [0.4, 0.5) is 4.39 Å². The number of aromatic nitrogens is 1. The number of guanidine groups is 1. The topological polar surface area (TPSA) is 72.4 Å². The second kappa shape index (κ2) is 9.07. The number of rotatable bonds is 7. The molecule has 0 aliphatic rings. The van der Waals surface area contributed by atoms with Crippen molar-refractivity contribution in [3.05, 3.63) is 65.6 Å². The summed E-state index contributed by atoms with van der Waals surface area (Å²) in [5.41, 5.74) is 3.23. The van der Waals surface area contributed by atoms with Crippen molar-refractivity contribution in [2.75, 3.05) is 20.1 Å². The van der Waals surface area contributed by atoms with E-state index in [4.69, 9.17) is 0 Å². The van der Waals surface area contributed by atoms with Crippen molar-refractivity contribution in [3.63, 3.8) is 0 Å². The number of aromatic amines is 1. The van der Waals surface area contributed by atoms with Crippen LogP contribution in [0.1, 0.15) is 17.5 Å². The fourth-order valence-corrected chi connectivity index (χ4v) is 3.06. The van der Waals surface area contributed by atoms with Gasteiger partial charge in [0.1, 0.15) is 11.6 Å². The van der Waals surface area contributed by atoms with Crippen LogP contribution in [0.15, 0.2) is 53.7 Å². The highest BCUT2D eigenvalue weighted by atomic mass is 19.1. The van der Waals surface area contributed by atoms with E-state index in [1.54, 1.807) is 31.3 Å².